The van der Waals surface area contributed by atoms with Gasteiger partial charge in [0.05, 0.1) is 4.91 Å². The number of anilines is 1. The fraction of sp³-hybridized carbons (Fsp3) is 0.0417. The molecule has 29 heavy (non-hydrogen) atoms. The van der Waals surface area contributed by atoms with E-state index in [1.54, 1.807) is 29.2 Å². The number of rotatable bonds is 4. The van der Waals surface area contributed by atoms with Gasteiger partial charge in [-0.2, -0.15) is 0 Å². The average Bonchev–Trinajstić information content (AvgIpc) is 3.06. The van der Waals surface area contributed by atoms with Crippen LogP contribution in [0.25, 0.3) is 6.08 Å². The third-order valence-electron chi connectivity index (χ3n) is 4.52. The summed E-state index contributed by atoms with van der Waals surface area (Å²) in [6.45, 7) is 0. The van der Waals surface area contributed by atoms with Crippen molar-refractivity contribution in [1.29, 1.82) is 0 Å². The molecule has 1 aliphatic rings. The molecule has 1 N–H and O–H groups in total. The monoisotopic (exact) mass is 419 g/mol. The lowest BCUT2D eigenvalue weighted by molar-refractivity contribution is -0.114. The smallest absolute Gasteiger partial charge is 0.266 e. The molecule has 1 aliphatic heterocycles. The van der Waals surface area contributed by atoms with E-state index < -0.39 is 0 Å². The van der Waals surface area contributed by atoms with Crippen LogP contribution >= 0.6 is 23.4 Å². The Bertz CT molecular complexity index is 1060. The number of benzene rings is 3. The zero-order valence-electron chi connectivity index (χ0n) is 15.4. The van der Waals surface area contributed by atoms with Crippen LogP contribution in [0.1, 0.15) is 16.5 Å². The second kappa shape index (κ2) is 8.60. The summed E-state index contributed by atoms with van der Waals surface area (Å²) in [7, 11) is 0. The Morgan fingerprint density at radius 1 is 0.931 bits per heavy atom. The first-order valence-electron chi connectivity index (χ1n) is 9.10. The minimum absolute atomic E-state index is 0.0710. The van der Waals surface area contributed by atoms with Gasteiger partial charge in [0.15, 0.2) is 0 Å². The van der Waals surface area contributed by atoms with E-state index in [1.807, 2.05) is 72.8 Å². The molecule has 5 heteroatoms. The predicted octanol–water partition coefficient (Wildman–Crippen LogP) is 6.42. The molecule has 3 nitrogen and oxygen atoms in total. The highest BCUT2D eigenvalue weighted by molar-refractivity contribution is 8.05. The maximum absolute atomic E-state index is 13.2. The Kier molecular flexibility index (Phi) is 5.74. The lowest BCUT2D eigenvalue weighted by atomic mass is 10.2. The van der Waals surface area contributed by atoms with Gasteiger partial charge in [0, 0.05) is 10.7 Å². The molecular formula is C24H18ClNO2S. The van der Waals surface area contributed by atoms with Gasteiger partial charge in [-0.25, -0.2) is 0 Å². The molecule has 0 radical (unpaired) electrons. The van der Waals surface area contributed by atoms with Gasteiger partial charge in [-0.05, 0) is 53.6 Å². The molecule has 0 spiro atoms. The molecule has 1 atom stereocenters. The molecule has 3 aromatic carbocycles. The number of nitrogens with zero attached hydrogens (tertiary/aromatic N) is 1. The van der Waals surface area contributed by atoms with Gasteiger partial charge in [-0.3, -0.25) is 9.69 Å². The van der Waals surface area contributed by atoms with E-state index in [2.05, 4.69) is 0 Å². The normalized spacial score (nSPS) is 18.1. The summed E-state index contributed by atoms with van der Waals surface area (Å²) in [6.07, 6.45) is 5.72. The second-order valence-corrected chi connectivity index (χ2v) is 8.07. The zero-order valence-corrected chi connectivity index (χ0v) is 17.0. The summed E-state index contributed by atoms with van der Waals surface area (Å²) < 4.78 is 0. The topological polar surface area (TPSA) is 40.5 Å². The highest BCUT2D eigenvalue weighted by Gasteiger charge is 2.37. The van der Waals surface area contributed by atoms with E-state index in [9.17, 15) is 9.90 Å². The van der Waals surface area contributed by atoms with Crippen molar-refractivity contribution in [3.63, 3.8) is 0 Å². The summed E-state index contributed by atoms with van der Waals surface area (Å²) in [4.78, 5) is 15.6. The van der Waals surface area contributed by atoms with Crippen molar-refractivity contribution in [1.82, 2.24) is 0 Å². The summed E-state index contributed by atoms with van der Waals surface area (Å²) in [6, 6.07) is 24.1. The van der Waals surface area contributed by atoms with Crippen molar-refractivity contribution >= 4 is 41.0 Å². The number of phenols is 1. The number of thioether (sulfide) groups is 1. The Balaban J connectivity index is 1.67. The Morgan fingerprint density at radius 3 is 2.31 bits per heavy atom. The quantitative estimate of drug-likeness (QED) is 0.496. The van der Waals surface area contributed by atoms with E-state index in [4.69, 9.17) is 11.6 Å². The van der Waals surface area contributed by atoms with Crippen molar-refractivity contribution < 1.29 is 9.90 Å². The maximum atomic E-state index is 13.2. The molecule has 1 fully saturated rings. The number of phenolic OH excluding ortho intramolecular Hbond substituents is 1. The Labute approximate surface area is 178 Å². The Morgan fingerprint density at radius 2 is 1.62 bits per heavy atom. The summed E-state index contributed by atoms with van der Waals surface area (Å²) in [5.74, 6) is 0.0935. The van der Waals surface area contributed by atoms with Gasteiger partial charge in [-0.15, -0.1) is 0 Å². The zero-order chi connectivity index (χ0) is 20.2. The van der Waals surface area contributed by atoms with Gasteiger partial charge in [0.1, 0.15) is 11.1 Å². The number of aromatic hydroxyl groups is 1. The third kappa shape index (κ3) is 4.39. The van der Waals surface area contributed by atoms with Crippen molar-refractivity contribution in [2.24, 2.45) is 0 Å². The van der Waals surface area contributed by atoms with Crippen molar-refractivity contribution in [3.05, 3.63) is 112 Å². The first kappa shape index (κ1) is 19.4. The molecule has 3 aromatic rings. The van der Waals surface area contributed by atoms with Crippen molar-refractivity contribution in [2.45, 2.75) is 5.37 Å². The highest BCUT2D eigenvalue weighted by atomic mass is 35.5. The summed E-state index contributed by atoms with van der Waals surface area (Å²) in [5, 5.41) is 10.1. The molecule has 0 bridgehead atoms. The molecule has 4 rings (SSSR count). The average molecular weight is 420 g/mol. The second-order valence-electron chi connectivity index (χ2n) is 6.51. The van der Waals surface area contributed by atoms with Gasteiger partial charge in [0.25, 0.3) is 5.91 Å². The van der Waals surface area contributed by atoms with E-state index >= 15 is 0 Å². The molecule has 0 aromatic heterocycles. The minimum atomic E-state index is -0.208. The Hall–Kier alpha value is -2.95. The molecule has 0 saturated carbocycles. The molecule has 1 heterocycles. The third-order valence-corrected chi connectivity index (χ3v) is 6.04. The highest BCUT2D eigenvalue weighted by Crippen LogP contribution is 2.48. The molecule has 0 unspecified atom stereocenters. The van der Waals surface area contributed by atoms with E-state index in [-0.39, 0.29) is 17.0 Å². The number of halogens is 1. The van der Waals surface area contributed by atoms with Crippen molar-refractivity contribution in [2.75, 3.05) is 4.90 Å². The summed E-state index contributed by atoms with van der Waals surface area (Å²) >= 11 is 7.54. The lowest BCUT2D eigenvalue weighted by Crippen LogP contribution is -2.27. The predicted molar refractivity (Wildman–Crippen MR) is 121 cm³/mol. The number of allylic oxidation sites excluding steroid dienone is 2. The molecule has 0 aliphatic carbocycles. The first-order valence-corrected chi connectivity index (χ1v) is 10.4. The molecule has 1 saturated heterocycles. The van der Waals surface area contributed by atoms with Crippen molar-refractivity contribution in [3.8, 4) is 5.75 Å². The number of hydrogen-bond acceptors (Lipinski definition) is 3. The fourth-order valence-electron chi connectivity index (χ4n) is 3.08. The largest absolute Gasteiger partial charge is 0.508 e. The minimum Gasteiger partial charge on any atom is -0.508 e. The SMILES string of the molecule is O=C1/C(=C/C=C/c2ccccc2)S[C@@H](c2ccc(Cl)cc2)N1c1ccc(O)cc1. The van der Waals surface area contributed by atoms with Gasteiger partial charge >= 0.3 is 0 Å². The van der Waals surface area contributed by atoms with E-state index in [0.717, 1.165) is 16.8 Å². The van der Waals surface area contributed by atoms with E-state index in [1.165, 1.54) is 11.8 Å². The van der Waals surface area contributed by atoms with Crippen LogP contribution in [-0.4, -0.2) is 11.0 Å². The molecule has 1 amide bonds. The van der Waals surface area contributed by atoms with Crippen LogP contribution in [0.3, 0.4) is 0 Å². The standard InChI is InChI=1S/C24H18ClNO2S/c25-19-11-9-18(10-12-19)24-26(20-13-15-21(27)16-14-20)23(28)22(29-24)8-4-7-17-5-2-1-3-6-17/h1-16,24,27H/b7-4+,22-8-/t24-/m0/s1. The van der Waals surface area contributed by atoms with Crippen LogP contribution in [0.5, 0.6) is 5.75 Å². The lowest BCUT2D eigenvalue weighted by Gasteiger charge is -2.23. The van der Waals surface area contributed by atoms with Crippen LogP contribution in [0, 0.1) is 0 Å². The van der Waals surface area contributed by atoms with E-state index in [0.29, 0.717) is 9.93 Å². The van der Waals surface area contributed by atoms with Gasteiger partial charge in [-0.1, -0.05) is 78.0 Å². The fourth-order valence-corrected chi connectivity index (χ4v) is 4.42. The van der Waals surface area contributed by atoms with Gasteiger partial charge in [0.2, 0.25) is 0 Å². The molecular weight excluding hydrogens is 402 g/mol. The van der Waals surface area contributed by atoms with Gasteiger partial charge < -0.3 is 5.11 Å². The number of carbonyl (C=O) groups is 1. The number of carbonyl (C=O) groups excluding carboxylic acids is 1. The molecule has 144 valence electrons. The van der Waals surface area contributed by atoms with Crippen LogP contribution in [-0.2, 0) is 4.79 Å². The van der Waals surface area contributed by atoms with Crippen LogP contribution in [0.15, 0.2) is 95.9 Å². The maximum Gasteiger partial charge on any atom is 0.266 e. The van der Waals surface area contributed by atoms with Crippen LogP contribution < -0.4 is 4.90 Å². The first-order chi connectivity index (χ1) is 14.1. The number of amides is 1. The van der Waals surface area contributed by atoms with Crippen LogP contribution in [0.2, 0.25) is 5.02 Å². The summed E-state index contributed by atoms with van der Waals surface area (Å²) in [5.41, 5.74) is 2.79. The number of hydrogen-bond donors (Lipinski definition) is 1. The van der Waals surface area contributed by atoms with Crippen LogP contribution in [0.4, 0.5) is 5.69 Å².